The third kappa shape index (κ3) is 3.12. The molecule has 0 unspecified atom stereocenters. The van der Waals surface area contributed by atoms with Gasteiger partial charge in [0.15, 0.2) is 0 Å². The van der Waals surface area contributed by atoms with Crippen LogP contribution in [0.4, 0.5) is 0 Å². The quantitative estimate of drug-likeness (QED) is 0.333. The van der Waals surface area contributed by atoms with E-state index in [0.29, 0.717) is 6.61 Å². The van der Waals surface area contributed by atoms with Gasteiger partial charge in [-0.2, -0.15) is 5.10 Å². The minimum absolute atomic E-state index is 0.665. The van der Waals surface area contributed by atoms with Gasteiger partial charge in [0.2, 0.25) is 0 Å². The van der Waals surface area contributed by atoms with Crippen LogP contribution in [-0.2, 0) is 0 Å². The summed E-state index contributed by atoms with van der Waals surface area (Å²) < 4.78 is 15.2. The van der Waals surface area contributed by atoms with Gasteiger partial charge in [0, 0.05) is 39.6 Å². The summed E-state index contributed by atoms with van der Waals surface area (Å²) >= 11 is 0. The van der Waals surface area contributed by atoms with E-state index >= 15 is 0 Å². The summed E-state index contributed by atoms with van der Waals surface area (Å²) in [5.41, 5.74) is 7.94. The molecule has 0 radical (unpaired) electrons. The molecule has 0 aliphatic carbocycles. The second kappa shape index (κ2) is 7.75. The van der Waals surface area contributed by atoms with Gasteiger partial charge >= 0.3 is 0 Å². The van der Waals surface area contributed by atoms with Crippen molar-refractivity contribution in [3.63, 3.8) is 0 Å². The van der Waals surface area contributed by atoms with E-state index in [1.54, 1.807) is 7.11 Å². The molecule has 5 nitrogen and oxygen atoms in total. The number of aryl methyl sites for hydroxylation is 3. The Kier molecular flexibility index (Phi) is 4.89. The minimum Gasteiger partial charge on any atom is -0.497 e. The van der Waals surface area contributed by atoms with Crippen LogP contribution < -0.4 is 9.47 Å². The molecule has 0 saturated carbocycles. The molecule has 0 aliphatic rings. The monoisotopic (exact) mass is 425 g/mol. The van der Waals surface area contributed by atoms with Crippen LogP contribution in [0.3, 0.4) is 0 Å². The third-order valence-electron chi connectivity index (χ3n) is 6.15. The van der Waals surface area contributed by atoms with E-state index in [9.17, 15) is 0 Å². The summed E-state index contributed by atoms with van der Waals surface area (Å²) in [5.74, 6) is 1.74. The predicted octanol–water partition coefficient (Wildman–Crippen LogP) is 6.28. The molecule has 3 heterocycles. The highest BCUT2D eigenvalue weighted by atomic mass is 16.5. The van der Waals surface area contributed by atoms with Crippen LogP contribution in [0.1, 0.15) is 24.0 Å². The Bertz CT molecular complexity index is 1420. The molecule has 0 aliphatic heterocycles. The van der Waals surface area contributed by atoms with E-state index in [-0.39, 0.29) is 0 Å². The number of rotatable bonds is 5. The van der Waals surface area contributed by atoms with Crippen molar-refractivity contribution in [3.8, 4) is 28.3 Å². The maximum Gasteiger partial charge on any atom is 0.119 e. The van der Waals surface area contributed by atoms with Crippen LogP contribution >= 0.6 is 0 Å². The van der Waals surface area contributed by atoms with E-state index in [1.807, 2.05) is 35.7 Å². The van der Waals surface area contributed by atoms with Crippen molar-refractivity contribution in [2.45, 2.75) is 27.7 Å². The highest BCUT2D eigenvalue weighted by Gasteiger charge is 2.19. The second-order valence-electron chi connectivity index (χ2n) is 8.06. The van der Waals surface area contributed by atoms with Crippen LogP contribution in [0.25, 0.3) is 33.1 Å². The average molecular weight is 426 g/mol. The zero-order valence-corrected chi connectivity index (χ0v) is 19.1. The molecule has 0 spiro atoms. The van der Waals surface area contributed by atoms with E-state index in [0.717, 1.165) is 39.5 Å². The van der Waals surface area contributed by atoms with E-state index in [1.165, 1.54) is 22.2 Å². The van der Waals surface area contributed by atoms with Gasteiger partial charge in [-0.1, -0.05) is 12.1 Å². The molecule has 32 heavy (non-hydrogen) atoms. The first-order valence-electron chi connectivity index (χ1n) is 10.9. The molecule has 2 aromatic carbocycles. The zero-order valence-electron chi connectivity index (χ0n) is 19.1. The number of hydrogen-bond donors (Lipinski definition) is 0. The Morgan fingerprint density at radius 2 is 1.47 bits per heavy atom. The fourth-order valence-electron chi connectivity index (χ4n) is 4.71. The average Bonchev–Trinajstić information content (AvgIpc) is 3.33. The SMILES string of the molecule is CCOc1ccc(-n2c(C)c3c(C)nn4cc(-c5ccc(OC)cc5)cc4c3c2C)cc1. The fourth-order valence-corrected chi connectivity index (χ4v) is 4.71. The van der Waals surface area contributed by atoms with Crippen molar-refractivity contribution >= 4 is 16.3 Å². The lowest BCUT2D eigenvalue weighted by atomic mass is 10.1. The first-order valence-corrected chi connectivity index (χ1v) is 10.9. The van der Waals surface area contributed by atoms with Gasteiger partial charge < -0.3 is 14.0 Å². The molecule has 0 atom stereocenters. The molecule has 5 rings (SSSR count). The number of nitrogens with zero attached hydrogens (tertiary/aromatic N) is 3. The lowest BCUT2D eigenvalue weighted by Crippen LogP contribution is -1.99. The van der Waals surface area contributed by atoms with Crippen LogP contribution in [-0.4, -0.2) is 27.9 Å². The molecule has 0 bridgehead atoms. The van der Waals surface area contributed by atoms with Gasteiger partial charge in [0.1, 0.15) is 11.5 Å². The Morgan fingerprint density at radius 3 is 2.12 bits per heavy atom. The van der Waals surface area contributed by atoms with Crippen LogP contribution in [0.15, 0.2) is 60.8 Å². The minimum atomic E-state index is 0.665. The number of ether oxygens (including phenoxy) is 2. The van der Waals surface area contributed by atoms with E-state index < -0.39 is 0 Å². The Balaban J connectivity index is 1.70. The summed E-state index contributed by atoms with van der Waals surface area (Å²) in [5, 5.41) is 7.34. The highest BCUT2D eigenvalue weighted by Crippen LogP contribution is 2.35. The lowest BCUT2D eigenvalue weighted by Gasteiger charge is -2.10. The van der Waals surface area contributed by atoms with Gasteiger partial charge in [0.25, 0.3) is 0 Å². The highest BCUT2D eigenvalue weighted by molar-refractivity contribution is 6.02. The first kappa shape index (κ1) is 20.2. The lowest BCUT2D eigenvalue weighted by molar-refractivity contribution is 0.340. The fraction of sp³-hybridized carbons (Fsp3) is 0.222. The summed E-state index contributed by atoms with van der Waals surface area (Å²) in [6.45, 7) is 9.11. The summed E-state index contributed by atoms with van der Waals surface area (Å²) in [7, 11) is 1.69. The molecule has 0 fully saturated rings. The van der Waals surface area contributed by atoms with Crippen molar-refractivity contribution in [3.05, 3.63) is 77.9 Å². The van der Waals surface area contributed by atoms with Gasteiger partial charge in [-0.05, 0) is 75.7 Å². The summed E-state index contributed by atoms with van der Waals surface area (Å²) in [6, 6.07) is 18.7. The standard InChI is InChI=1S/C27H27N3O2/c1-6-32-24-13-9-22(10-14-24)30-18(3)26-17(2)28-29-16-21(15-25(29)27(26)19(30)4)20-7-11-23(31-5)12-8-20/h7-16H,6H2,1-5H3. The molecule has 162 valence electrons. The van der Waals surface area contributed by atoms with Crippen molar-refractivity contribution in [1.82, 2.24) is 14.2 Å². The molecule has 0 amide bonds. The van der Waals surface area contributed by atoms with Gasteiger partial charge in [0.05, 0.1) is 24.9 Å². The summed E-state index contributed by atoms with van der Waals surface area (Å²) in [6.07, 6.45) is 2.10. The number of benzene rings is 2. The Labute approximate surface area is 187 Å². The molecular weight excluding hydrogens is 398 g/mol. The van der Waals surface area contributed by atoms with Gasteiger partial charge in [-0.15, -0.1) is 0 Å². The smallest absolute Gasteiger partial charge is 0.119 e. The molecule has 5 aromatic rings. The van der Waals surface area contributed by atoms with Gasteiger partial charge in [-0.3, -0.25) is 0 Å². The largest absolute Gasteiger partial charge is 0.497 e. The maximum absolute atomic E-state index is 5.62. The molecule has 5 heteroatoms. The molecular formula is C27H27N3O2. The van der Waals surface area contributed by atoms with Crippen molar-refractivity contribution < 1.29 is 9.47 Å². The second-order valence-corrected chi connectivity index (χ2v) is 8.06. The molecule has 0 N–H and O–H groups in total. The Morgan fingerprint density at radius 1 is 0.812 bits per heavy atom. The third-order valence-corrected chi connectivity index (χ3v) is 6.15. The van der Waals surface area contributed by atoms with Gasteiger partial charge in [-0.25, -0.2) is 4.52 Å². The topological polar surface area (TPSA) is 40.7 Å². The first-order chi connectivity index (χ1) is 15.5. The number of aromatic nitrogens is 3. The summed E-state index contributed by atoms with van der Waals surface area (Å²) in [4.78, 5) is 0. The normalized spacial score (nSPS) is 11.4. The maximum atomic E-state index is 5.62. The predicted molar refractivity (Wildman–Crippen MR) is 129 cm³/mol. The number of fused-ring (bicyclic) bond motifs is 3. The molecule has 0 saturated heterocycles. The Hall–Kier alpha value is -3.73. The van der Waals surface area contributed by atoms with Crippen LogP contribution in [0.2, 0.25) is 0 Å². The van der Waals surface area contributed by atoms with Crippen molar-refractivity contribution in [2.24, 2.45) is 0 Å². The van der Waals surface area contributed by atoms with E-state index in [4.69, 9.17) is 14.6 Å². The zero-order chi connectivity index (χ0) is 22.4. The van der Waals surface area contributed by atoms with Crippen LogP contribution in [0.5, 0.6) is 11.5 Å². The molecule has 3 aromatic heterocycles. The number of hydrogen-bond acceptors (Lipinski definition) is 3. The van der Waals surface area contributed by atoms with Crippen molar-refractivity contribution in [2.75, 3.05) is 13.7 Å². The number of methoxy groups -OCH3 is 1. The van der Waals surface area contributed by atoms with Crippen molar-refractivity contribution in [1.29, 1.82) is 0 Å². The van der Waals surface area contributed by atoms with Crippen LogP contribution in [0, 0.1) is 20.8 Å². The van der Waals surface area contributed by atoms with E-state index in [2.05, 4.69) is 61.9 Å².